The lowest BCUT2D eigenvalue weighted by atomic mass is 10.0. The molecule has 86 heavy (non-hydrogen) atoms. The number of H-pyrrole nitrogens is 2. The van der Waals surface area contributed by atoms with Crippen molar-refractivity contribution in [2.45, 2.75) is 273 Å². The van der Waals surface area contributed by atoms with Crippen LogP contribution in [0.25, 0.3) is 45.0 Å². The molecule has 0 amide bonds. The number of nitrogens with one attached hydrogen (secondary N) is 2. The summed E-state index contributed by atoms with van der Waals surface area (Å²) in [5, 5.41) is 25.1. The number of benzene rings is 3. The van der Waals surface area contributed by atoms with Crippen LogP contribution in [0.4, 0.5) is 5.69 Å². The zero-order chi connectivity index (χ0) is 61.2. The minimum atomic E-state index is -0.407. The Morgan fingerprint density at radius 2 is 0.570 bits per heavy atom. The average molecular weight is 1190 g/mol. The number of aromatic hydroxyl groups is 1. The molecule has 480 valence electrons. The fourth-order valence-electron chi connectivity index (χ4n) is 11.1. The van der Waals surface area contributed by atoms with Crippen molar-refractivity contribution in [1.82, 2.24) is 9.97 Å². The number of nitrogens with zero attached hydrogens (tertiary/aromatic N) is 1. The van der Waals surface area contributed by atoms with Gasteiger partial charge in [-0.15, -0.1) is 0 Å². The van der Waals surface area contributed by atoms with Crippen LogP contribution in [0, 0.1) is 10.1 Å². The third-order valence-electron chi connectivity index (χ3n) is 16.4. The lowest BCUT2D eigenvalue weighted by Gasteiger charge is -2.19. The van der Waals surface area contributed by atoms with Crippen LogP contribution in [0.2, 0.25) is 0 Å². The highest BCUT2D eigenvalue weighted by Gasteiger charge is 2.24. The first-order valence-electron chi connectivity index (χ1n) is 34.8. The molecule has 0 bridgehead atoms. The van der Waals surface area contributed by atoms with Crippen LogP contribution >= 0.6 is 0 Å². The standard InChI is InChI=1S/C74H115N3O9/c1-7-13-19-25-31-37-47-81-68-53-59(54-69(82-48-38-32-26-20-14-8-2)73(68)85-51-41-35-29-23-17-11-5)64-43-45-66(75-64)62-57-61(77(79)80)58-63(72(62)78)67-46-44-65(76-67)60-55-70(83-49-39-33-27-21-15-9-3)74(86-52-42-36-30-24-18-12-6)71(56-60)84-50-40-34-28-22-16-10-4/h43-46,53-58,75-76,78H,7-42,47-52H2,1-6H3. The van der Waals surface area contributed by atoms with Crippen LogP contribution < -0.4 is 28.4 Å². The molecule has 0 spiro atoms. The summed E-state index contributed by atoms with van der Waals surface area (Å²) in [5.41, 5.74) is 4.64. The van der Waals surface area contributed by atoms with E-state index in [1.807, 2.05) is 48.5 Å². The minimum absolute atomic E-state index is 0.0916. The first-order chi connectivity index (χ1) is 42.3. The molecule has 0 radical (unpaired) electrons. The molecule has 0 saturated carbocycles. The number of ether oxygens (including phenoxy) is 6. The number of aromatic amines is 2. The predicted octanol–water partition coefficient (Wildman–Crippen LogP) is 23.1. The lowest BCUT2D eigenvalue weighted by molar-refractivity contribution is -0.384. The summed E-state index contributed by atoms with van der Waals surface area (Å²) in [6, 6.07) is 18.6. The molecular weight excluding hydrogens is 1070 g/mol. The van der Waals surface area contributed by atoms with Gasteiger partial charge in [-0.25, -0.2) is 0 Å². The summed E-state index contributed by atoms with van der Waals surface area (Å²) in [6.07, 6.45) is 41.5. The highest BCUT2D eigenvalue weighted by molar-refractivity contribution is 5.85. The van der Waals surface area contributed by atoms with Crippen LogP contribution in [0.1, 0.15) is 273 Å². The number of phenolic OH excluding ortho intramolecular Hbond substituents is 1. The number of aromatic nitrogens is 2. The van der Waals surface area contributed by atoms with Gasteiger partial charge in [0.05, 0.1) is 44.6 Å². The second-order valence-electron chi connectivity index (χ2n) is 24.0. The summed E-state index contributed by atoms with van der Waals surface area (Å²) in [5.74, 6) is 3.75. The van der Waals surface area contributed by atoms with Crippen molar-refractivity contribution >= 4 is 5.69 Å². The highest BCUT2D eigenvalue weighted by Crippen LogP contribution is 2.47. The highest BCUT2D eigenvalue weighted by atomic mass is 16.6. The van der Waals surface area contributed by atoms with Gasteiger partial charge in [0, 0.05) is 57.2 Å². The zero-order valence-electron chi connectivity index (χ0n) is 54.6. The summed E-state index contributed by atoms with van der Waals surface area (Å²) >= 11 is 0. The van der Waals surface area contributed by atoms with E-state index < -0.39 is 4.92 Å². The van der Waals surface area contributed by atoms with Crippen LogP contribution in [0.3, 0.4) is 0 Å². The number of hydrogen-bond donors (Lipinski definition) is 3. The third kappa shape index (κ3) is 25.9. The van der Waals surface area contributed by atoms with E-state index >= 15 is 0 Å². The number of non-ortho nitro benzene ring substituents is 1. The molecule has 5 aromatic rings. The summed E-state index contributed by atoms with van der Waals surface area (Å²) in [6.45, 7) is 16.8. The van der Waals surface area contributed by atoms with Crippen molar-refractivity contribution in [2.24, 2.45) is 0 Å². The maximum Gasteiger partial charge on any atom is 0.271 e. The third-order valence-corrected chi connectivity index (χ3v) is 16.4. The first kappa shape index (κ1) is 71.0. The van der Waals surface area contributed by atoms with Crippen LogP contribution in [0.5, 0.6) is 40.2 Å². The first-order valence-corrected chi connectivity index (χ1v) is 34.8. The van der Waals surface area contributed by atoms with Gasteiger partial charge in [0.2, 0.25) is 11.5 Å². The fourth-order valence-corrected chi connectivity index (χ4v) is 11.1. The molecular formula is C74H115N3O9. The van der Waals surface area contributed by atoms with Crippen LogP contribution in [-0.2, 0) is 0 Å². The van der Waals surface area contributed by atoms with Crippen molar-refractivity contribution in [3.8, 4) is 85.3 Å². The predicted molar refractivity (Wildman–Crippen MR) is 358 cm³/mol. The molecule has 5 rings (SSSR count). The summed E-state index contributed by atoms with van der Waals surface area (Å²) in [7, 11) is 0. The number of rotatable bonds is 53. The number of unbranched alkanes of at least 4 members (excludes halogenated alkanes) is 30. The fraction of sp³-hybridized carbons (Fsp3) is 0.649. The smallest absolute Gasteiger partial charge is 0.271 e. The molecule has 0 atom stereocenters. The van der Waals surface area contributed by atoms with E-state index in [2.05, 4.69) is 51.5 Å². The largest absolute Gasteiger partial charge is 0.507 e. The van der Waals surface area contributed by atoms with Gasteiger partial charge in [0.15, 0.2) is 23.0 Å². The molecule has 0 saturated heterocycles. The van der Waals surface area contributed by atoms with E-state index in [1.165, 1.54) is 166 Å². The molecule has 2 aromatic heterocycles. The van der Waals surface area contributed by atoms with Crippen molar-refractivity contribution < 1.29 is 38.5 Å². The van der Waals surface area contributed by atoms with Crippen molar-refractivity contribution in [1.29, 1.82) is 0 Å². The molecule has 0 aliphatic rings. The van der Waals surface area contributed by atoms with Crippen molar-refractivity contribution in [2.75, 3.05) is 39.6 Å². The van der Waals surface area contributed by atoms with Crippen LogP contribution in [-0.4, -0.2) is 59.6 Å². The Labute approximate surface area is 520 Å². The molecule has 0 unspecified atom stereocenters. The molecule has 2 heterocycles. The monoisotopic (exact) mass is 1190 g/mol. The maximum atomic E-state index is 12.8. The number of phenols is 1. The Bertz CT molecular complexity index is 2340. The molecule has 0 aliphatic carbocycles. The van der Waals surface area contributed by atoms with Gasteiger partial charge in [-0.2, -0.15) is 0 Å². The van der Waals surface area contributed by atoms with Gasteiger partial charge in [0.25, 0.3) is 5.69 Å². The Morgan fingerprint density at radius 1 is 0.337 bits per heavy atom. The Kier molecular flexibility index (Phi) is 36.1. The zero-order valence-corrected chi connectivity index (χ0v) is 54.6. The molecule has 3 aromatic carbocycles. The SMILES string of the molecule is CCCCCCCCOc1cc(-c2ccc(-c3cc([N+](=O)[O-])cc(-c4ccc(-c5cc(OCCCCCCCC)c(OCCCCCCCC)c(OCCCCCCCC)c5)[nH]4)c3O)[nH]2)cc(OCCCCCCCC)c1OCCCCCCCC. The number of nitro benzene ring substituents is 1. The van der Waals surface area contributed by atoms with Gasteiger partial charge in [0.1, 0.15) is 5.75 Å². The Hall–Kier alpha value is -5.78. The molecule has 0 aliphatic heterocycles. The minimum Gasteiger partial charge on any atom is -0.507 e. The van der Waals surface area contributed by atoms with Gasteiger partial charge in [-0.1, -0.05) is 234 Å². The number of hydrogen-bond acceptors (Lipinski definition) is 9. The van der Waals surface area contributed by atoms with Gasteiger partial charge < -0.3 is 43.5 Å². The molecule has 0 fully saturated rings. The van der Waals surface area contributed by atoms with E-state index in [-0.39, 0.29) is 11.4 Å². The quantitative estimate of drug-likeness (QED) is 0.0196. The number of nitro groups is 1. The van der Waals surface area contributed by atoms with E-state index in [4.69, 9.17) is 28.4 Å². The second kappa shape index (κ2) is 43.8. The van der Waals surface area contributed by atoms with Gasteiger partial charge in [-0.3, -0.25) is 10.1 Å². The molecule has 12 nitrogen and oxygen atoms in total. The van der Waals surface area contributed by atoms with E-state index in [0.717, 1.165) is 99.6 Å². The average Bonchev–Trinajstić information content (AvgIpc) is 1.91. The summed E-state index contributed by atoms with van der Waals surface area (Å²) in [4.78, 5) is 19.4. The van der Waals surface area contributed by atoms with Crippen molar-refractivity contribution in [3.05, 3.63) is 70.8 Å². The Morgan fingerprint density at radius 3 is 0.826 bits per heavy atom. The van der Waals surface area contributed by atoms with Crippen molar-refractivity contribution in [3.63, 3.8) is 0 Å². The molecule has 3 N–H and O–H groups in total. The Balaban J connectivity index is 1.50. The second-order valence-corrected chi connectivity index (χ2v) is 24.0. The van der Waals surface area contributed by atoms with E-state index in [9.17, 15) is 15.2 Å². The topological polar surface area (TPSA) is 150 Å². The summed E-state index contributed by atoms with van der Waals surface area (Å²) < 4.78 is 39.9. The van der Waals surface area contributed by atoms with Crippen LogP contribution in [0.15, 0.2) is 60.7 Å². The van der Waals surface area contributed by atoms with Gasteiger partial charge >= 0.3 is 0 Å². The molecule has 12 heteroatoms. The van der Waals surface area contributed by atoms with E-state index in [1.54, 1.807) is 0 Å². The van der Waals surface area contributed by atoms with Gasteiger partial charge in [-0.05, 0) is 87.1 Å². The lowest BCUT2D eigenvalue weighted by Crippen LogP contribution is -2.07. The maximum absolute atomic E-state index is 12.8. The van der Waals surface area contributed by atoms with E-state index in [0.29, 0.717) is 96.7 Å². The normalized spacial score (nSPS) is 11.4.